The highest BCUT2D eigenvalue weighted by Gasteiger charge is 2.31. The highest BCUT2D eigenvalue weighted by atomic mass is 19.1. The van der Waals surface area contributed by atoms with Crippen molar-refractivity contribution in [3.63, 3.8) is 0 Å². The van der Waals surface area contributed by atoms with Crippen LogP contribution in [0.15, 0.2) is 48.7 Å². The van der Waals surface area contributed by atoms with Crippen molar-refractivity contribution in [2.75, 3.05) is 0 Å². The summed E-state index contributed by atoms with van der Waals surface area (Å²) < 4.78 is 17.8. The van der Waals surface area contributed by atoms with Crippen molar-refractivity contribution in [1.29, 1.82) is 0 Å². The first-order chi connectivity index (χ1) is 15.5. The zero-order valence-corrected chi connectivity index (χ0v) is 20.8. The number of hydrogen-bond acceptors (Lipinski definition) is 0. The Morgan fingerprint density at radius 3 is 2.28 bits per heavy atom. The van der Waals surface area contributed by atoms with Crippen LogP contribution in [0.4, 0.5) is 4.39 Å². The number of unbranched alkanes of at least 4 members (excludes halogenated alkanes) is 3. The van der Waals surface area contributed by atoms with Gasteiger partial charge in [-0.05, 0) is 65.8 Å². The second-order valence-corrected chi connectivity index (χ2v) is 9.51. The average molecular weight is 435 g/mol. The maximum absolute atomic E-state index is 15.4. The molecule has 32 heavy (non-hydrogen) atoms. The van der Waals surface area contributed by atoms with E-state index < -0.39 is 0 Å². The Bertz CT molecular complexity index is 1030. The van der Waals surface area contributed by atoms with Gasteiger partial charge in [-0.3, -0.25) is 0 Å². The van der Waals surface area contributed by atoms with Crippen LogP contribution in [0.2, 0.25) is 0 Å². The third-order valence-electron chi connectivity index (χ3n) is 7.39. The molecule has 0 N–H and O–H groups in total. The molecular formula is C30H41FN+. The van der Waals surface area contributed by atoms with E-state index in [1.54, 1.807) is 0 Å². The molecule has 0 bridgehead atoms. The molecule has 0 atom stereocenters. The summed E-state index contributed by atoms with van der Waals surface area (Å²) in [7, 11) is 0. The van der Waals surface area contributed by atoms with Gasteiger partial charge in [0.1, 0.15) is 12.4 Å². The fourth-order valence-electron chi connectivity index (χ4n) is 4.77. The molecule has 0 aliphatic rings. The fourth-order valence-corrected chi connectivity index (χ4v) is 4.77. The van der Waals surface area contributed by atoms with E-state index in [9.17, 15) is 0 Å². The van der Waals surface area contributed by atoms with Gasteiger partial charge in [-0.1, -0.05) is 72.1 Å². The number of aromatic nitrogens is 1. The van der Waals surface area contributed by atoms with Crippen LogP contribution >= 0.6 is 0 Å². The summed E-state index contributed by atoms with van der Waals surface area (Å²) in [5, 5.41) is 2.50. The molecule has 2 heteroatoms. The van der Waals surface area contributed by atoms with Gasteiger partial charge in [-0.25, -0.2) is 4.39 Å². The van der Waals surface area contributed by atoms with Crippen LogP contribution < -0.4 is 4.57 Å². The Labute approximate surface area is 194 Å². The van der Waals surface area contributed by atoms with Gasteiger partial charge in [0.25, 0.3) is 0 Å². The molecule has 0 unspecified atom stereocenters. The molecule has 0 saturated heterocycles. The predicted molar refractivity (Wildman–Crippen MR) is 136 cm³/mol. The van der Waals surface area contributed by atoms with Gasteiger partial charge >= 0.3 is 0 Å². The molecule has 0 radical (unpaired) electrons. The van der Waals surface area contributed by atoms with Crippen molar-refractivity contribution in [1.82, 2.24) is 0 Å². The lowest BCUT2D eigenvalue weighted by atomic mass is 9.74. The number of aryl methyl sites for hydroxylation is 2. The maximum atomic E-state index is 15.4. The molecule has 172 valence electrons. The summed E-state index contributed by atoms with van der Waals surface area (Å²) >= 11 is 0. The van der Waals surface area contributed by atoms with Crippen LogP contribution in [-0.2, 0) is 18.4 Å². The minimum absolute atomic E-state index is 0.0340. The molecule has 2 aromatic carbocycles. The Kier molecular flexibility index (Phi) is 8.45. The largest absolute Gasteiger partial charge is 0.220 e. The Morgan fingerprint density at radius 2 is 1.59 bits per heavy atom. The van der Waals surface area contributed by atoms with Gasteiger partial charge in [0.05, 0.1) is 10.9 Å². The fraction of sp³-hybridized carbons (Fsp3) is 0.500. The van der Waals surface area contributed by atoms with Crippen molar-refractivity contribution >= 4 is 10.8 Å². The Morgan fingerprint density at radius 1 is 0.875 bits per heavy atom. The molecule has 0 aliphatic carbocycles. The number of pyridine rings is 1. The first-order valence-electron chi connectivity index (χ1n) is 12.7. The second-order valence-electron chi connectivity index (χ2n) is 9.51. The van der Waals surface area contributed by atoms with Crippen LogP contribution in [0.5, 0.6) is 0 Å². The van der Waals surface area contributed by atoms with Crippen LogP contribution in [-0.4, -0.2) is 0 Å². The summed E-state index contributed by atoms with van der Waals surface area (Å²) in [6.45, 7) is 12.2. The van der Waals surface area contributed by atoms with Gasteiger partial charge in [-0.2, -0.15) is 4.57 Å². The minimum Gasteiger partial charge on any atom is -0.207 e. The van der Waals surface area contributed by atoms with E-state index in [1.165, 1.54) is 22.0 Å². The summed E-state index contributed by atoms with van der Waals surface area (Å²) in [6.07, 6.45) is 10.6. The molecular weight excluding hydrogens is 393 g/mol. The van der Waals surface area contributed by atoms with Gasteiger partial charge in [-0.15, -0.1) is 0 Å². The van der Waals surface area contributed by atoms with Gasteiger partial charge < -0.3 is 0 Å². The SMILES string of the molecule is CCCCCc1cc(-c2c3ccccc3cc[n+]2CCCC)c(C(C)(CC)CC)cc1F. The minimum atomic E-state index is -0.0579. The molecule has 1 nitrogen and oxygen atoms in total. The molecule has 0 spiro atoms. The zero-order chi connectivity index (χ0) is 23.1. The third kappa shape index (κ3) is 5.05. The molecule has 3 aromatic rings. The molecule has 1 heterocycles. The van der Waals surface area contributed by atoms with Gasteiger partial charge in [0.2, 0.25) is 5.69 Å². The normalized spacial score (nSPS) is 11.9. The van der Waals surface area contributed by atoms with E-state index in [0.29, 0.717) is 0 Å². The summed E-state index contributed by atoms with van der Waals surface area (Å²) in [5.41, 5.74) is 4.42. The monoisotopic (exact) mass is 434 g/mol. The third-order valence-corrected chi connectivity index (χ3v) is 7.39. The number of halogens is 1. The first kappa shape index (κ1) is 24.4. The number of rotatable bonds is 11. The molecule has 1 aromatic heterocycles. The van der Waals surface area contributed by atoms with Crippen molar-refractivity contribution in [3.8, 4) is 11.3 Å². The second kappa shape index (κ2) is 11.1. The lowest BCUT2D eigenvalue weighted by Crippen LogP contribution is -2.37. The van der Waals surface area contributed by atoms with E-state index in [-0.39, 0.29) is 11.2 Å². The van der Waals surface area contributed by atoms with E-state index in [1.807, 2.05) is 6.07 Å². The van der Waals surface area contributed by atoms with Crippen molar-refractivity contribution in [3.05, 3.63) is 65.6 Å². The number of fused-ring (bicyclic) bond motifs is 1. The van der Waals surface area contributed by atoms with Crippen LogP contribution in [0.1, 0.15) is 90.7 Å². The van der Waals surface area contributed by atoms with Gasteiger partial charge in [0, 0.05) is 12.5 Å². The van der Waals surface area contributed by atoms with E-state index in [2.05, 4.69) is 81.8 Å². The molecule has 0 saturated carbocycles. The quantitative estimate of drug-likeness (QED) is 0.210. The standard InChI is InChI=1S/C30H41FN/c1-6-10-12-16-24-21-26(27(22-28(24)31)30(5,8-3)9-4)29-25-17-14-13-15-23(25)18-20-32(29)19-11-7-2/h13-15,17-18,20-22H,6-12,16,19H2,1-5H3/q+1. The summed E-state index contributed by atoms with van der Waals surface area (Å²) in [4.78, 5) is 0. The number of hydrogen-bond donors (Lipinski definition) is 0. The first-order valence-corrected chi connectivity index (χ1v) is 12.7. The topological polar surface area (TPSA) is 3.88 Å². The lowest BCUT2D eigenvalue weighted by molar-refractivity contribution is -0.685. The Balaban J connectivity index is 2.33. The van der Waals surface area contributed by atoms with Crippen molar-refractivity contribution < 1.29 is 8.96 Å². The number of benzene rings is 2. The zero-order valence-electron chi connectivity index (χ0n) is 20.8. The van der Waals surface area contributed by atoms with Crippen LogP contribution in [0.25, 0.3) is 22.0 Å². The molecule has 0 amide bonds. The van der Waals surface area contributed by atoms with Crippen molar-refractivity contribution in [2.45, 2.75) is 97.9 Å². The highest BCUT2D eigenvalue weighted by molar-refractivity contribution is 5.93. The van der Waals surface area contributed by atoms with E-state index >= 15 is 4.39 Å². The predicted octanol–water partition coefficient (Wildman–Crippen LogP) is 8.54. The highest BCUT2D eigenvalue weighted by Crippen LogP contribution is 2.40. The average Bonchev–Trinajstić information content (AvgIpc) is 2.82. The maximum Gasteiger partial charge on any atom is 0.220 e. The van der Waals surface area contributed by atoms with E-state index in [4.69, 9.17) is 0 Å². The van der Waals surface area contributed by atoms with Crippen LogP contribution in [0.3, 0.4) is 0 Å². The number of nitrogens with zero attached hydrogens (tertiary/aromatic N) is 1. The summed E-state index contributed by atoms with van der Waals surface area (Å²) in [5.74, 6) is -0.0340. The Hall–Kier alpha value is -2.22. The van der Waals surface area contributed by atoms with Crippen molar-refractivity contribution in [2.24, 2.45) is 0 Å². The van der Waals surface area contributed by atoms with Crippen LogP contribution in [0, 0.1) is 5.82 Å². The lowest BCUT2D eigenvalue weighted by Gasteiger charge is -2.30. The van der Waals surface area contributed by atoms with E-state index in [0.717, 1.165) is 69.0 Å². The molecule has 0 fully saturated rings. The summed E-state index contributed by atoms with van der Waals surface area (Å²) in [6, 6.07) is 14.9. The molecule has 3 rings (SSSR count). The molecule has 0 aliphatic heterocycles. The van der Waals surface area contributed by atoms with Gasteiger partial charge in [0.15, 0.2) is 6.20 Å². The smallest absolute Gasteiger partial charge is 0.207 e.